The molecule has 0 radical (unpaired) electrons. The van der Waals surface area contributed by atoms with Gasteiger partial charge in [-0.05, 0) is 32.0 Å². The van der Waals surface area contributed by atoms with Crippen LogP contribution in [0.15, 0.2) is 70.5 Å². The van der Waals surface area contributed by atoms with Crippen molar-refractivity contribution in [1.82, 2.24) is 4.57 Å². The number of para-hydroxylation sites is 2. The molecule has 24 heavy (non-hydrogen) atoms. The highest BCUT2D eigenvalue weighted by molar-refractivity contribution is 7.99. The van der Waals surface area contributed by atoms with E-state index in [1.165, 1.54) is 37.6 Å². The zero-order valence-corrected chi connectivity index (χ0v) is 14.4. The third kappa shape index (κ3) is 1.95. The number of nitrogens with zero attached hydrogens (tertiary/aromatic N) is 2. The predicted molar refractivity (Wildman–Crippen MR) is 97.2 cm³/mol. The molecule has 0 saturated carbocycles. The van der Waals surface area contributed by atoms with E-state index in [0.717, 1.165) is 5.69 Å². The van der Waals surface area contributed by atoms with Crippen molar-refractivity contribution in [2.75, 3.05) is 0 Å². The van der Waals surface area contributed by atoms with Gasteiger partial charge in [0.05, 0.1) is 22.4 Å². The van der Waals surface area contributed by atoms with Crippen molar-refractivity contribution in [2.24, 2.45) is 0 Å². The van der Waals surface area contributed by atoms with Crippen LogP contribution in [0.4, 0.5) is 0 Å². The van der Waals surface area contributed by atoms with E-state index >= 15 is 0 Å². The summed E-state index contributed by atoms with van der Waals surface area (Å²) in [6, 6.07) is 21.7. The summed E-state index contributed by atoms with van der Waals surface area (Å²) >= 11 is 1.84. The highest BCUT2D eigenvalue weighted by atomic mass is 32.2. The minimum absolute atomic E-state index is 1.16. The maximum absolute atomic E-state index is 3.58. The Morgan fingerprint density at radius 3 is 2.46 bits per heavy atom. The summed E-state index contributed by atoms with van der Waals surface area (Å²) in [4.78, 5) is 2.56. The monoisotopic (exact) mass is 328 g/mol. The number of rotatable bonds is 1. The van der Waals surface area contributed by atoms with E-state index in [-0.39, 0.29) is 0 Å². The lowest BCUT2D eigenvalue weighted by Crippen LogP contribution is -2.32. The van der Waals surface area contributed by atoms with Crippen LogP contribution in [0.25, 0.3) is 22.4 Å². The summed E-state index contributed by atoms with van der Waals surface area (Å²) in [5.41, 5.74) is 7.34. The van der Waals surface area contributed by atoms with Gasteiger partial charge in [-0.25, -0.2) is 0 Å². The van der Waals surface area contributed by atoms with Crippen LogP contribution in [0.5, 0.6) is 0 Å². The first kappa shape index (κ1) is 13.9. The van der Waals surface area contributed by atoms with E-state index < -0.39 is 0 Å². The number of aromatic nitrogens is 2. The lowest BCUT2D eigenvalue weighted by atomic mass is 10.1. The Morgan fingerprint density at radius 2 is 1.62 bits per heavy atom. The van der Waals surface area contributed by atoms with Gasteiger partial charge in [-0.1, -0.05) is 65.4 Å². The molecule has 5 rings (SSSR count). The Balaban J connectivity index is 1.87. The molecule has 0 fully saturated rings. The minimum atomic E-state index is 1.16. The second kappa shape index (κ2) is 4.99. The Kier molecular flexibility index (Phi) is 2.88. The third-order valence-electron chi connectivity index (χ3n) is 4.43. The number of fused-ring (bicyclic) bond motifs is 2. The SMILES string of the molecule is Cc1cc(C)cc(-n2[c-][n+]3c4c(cccc42)Sc2ccccc2-3)c1. The van der Waals surface area contributed by atoms with Crippen molar-refractivity contribution >= 4 is 22.8 Å². The summed E-state index contributed by atoms with van der Waals surface area (Å²) in [7, 11) is 0. The molecule has 1 aromatic heterocycles. The van der Waals surface area contributed by atoms with E-state index in [1.807, 2.05) is 11.8 Å². The zero-order valence-electron chi connectivity index (χ0n) is 13.6. The lowest BCUT2D eigenvalue weighted by molar-refractivity contribution is -0.577. The van der Waals surface area contributed by atoms with Gasteiger partial charge in [0.1, 0.15) is 0 Å². The molecule has 0 atom stereocenters. The molecule has 3 heteroatoms. The summed E-state index contributed by atoms with van der Waals surface area (Å²) in [6.45, 7) is 4.29. The van der Waals surface area contributed by atoms with E-state index in [1.54, 1.807) is 0 Å². The molecule has 0 spiro atoms. The van der Waals surface area contributed by atoms with Crippen molar-refractivity contribution in [1.29, 1.82) is 0 Å². The van der Waals surface area contributed by atoms with Gasteiger partial charge in [0.2, 0.25) is 0 Å². The second-order valence-electron chi connectivity index (χ2n) is 6.31. The Morgan fingerprint density at radius 1 is 0.875 bits per heavy atom. The molecule has 0 amide bonds. The molecular formula is C21H16N2S. The van der Waals surface area contributed by atoms with Crippen LogP contribution in [0.1, 0.15) is 11.1 Å². The van der Waals surface area contributed by atoms with Gasteiger partial charge >= 0.3 is 0 Å². The van der Waals surface area contributed by atoms with Gasteiger partial charge in [-0.15, -0.1) is 0 Å². The summed E-state index contributed by atoms with van der Waals surface area (Å²) < 4.78 is 4.38. The second-order valence-corrected chi connectivity index (χ2v) is 7.39. The van der Waals surface area contributed by atoms with Gasteiger partial charge in [0.15, 0.2) is 0 Å². The molecular weight excluding hydrogens is 312 g/mol. The van der Waals surface area contributed by atoms with E-state index in [2.05, 4.69) is 90.0 Å². The zero-order chi connectivity index (χ0) is 16.3. The third-order valence-corrected chi connectivity index (χ3v) is 5.55. The molecule has 0 bridgehead atoms. The van der Waals surface area contributed by atoms with E-state index in [9.17, 15) is 0 Å². The fraction of sp³-hybridized carbons (Fsp3) is 0.0952. The highest BCUT2D eigenvalue weighted by Gasteiger charge is 2.22. The number of aryl methyl sites for hydroxylation is 2. The van der Waals surface area contributed by atoms with Crippen molar-refractivity contribution in [3.05, 3.63) is 78.1 Å². The summed E-state index contributed by atoms with van der Waals surface area (Å²) in [5.74, 6) is 0. The maximum Gasteiger partial charge on any atom is 0.269 e. The number of benzene rings is 3. The molecule has 4 aromatic rings. The van der Waals surface area contributed by atoms with Gasteiger partial charge in [0, 0.05) is 9.79 Å². The van der Waals surface area contributed by atoms with Crippen LogP contribution < -0.4 is 4.57 Å². The molecule has 2 heterocycles. The Hall–Kier alpha value is -2.52. The summed E-state index contributed by atoms with van der Waals surface area (Å²) in [6.07, 6.45) is 3.58. The van der Waals surface area contributed by atoms with Crippen LogP contribution in [0, 0.1) is 20.2 Å². The minimum Gasteiger partial charge on any atom is -0.292 e. The molecule has 0 unspecified atom stereocenters. The first-order valence-electron chi connectivity index (χ1n) is 8.05. The quantitative estimate of drug-likeness (QED) is 0.317. The van der Waals surface area contributed by atoms with E-state index in [4.69, 9.17) is 0 Å². The largest absolute Gasteiger partial charge is 0.292 e. The topological polar surface area (TPSA) is 8.81 Å². The number of imidazole rings is 1. The van der Waals surface area contributed by atoms with Crippen molar-refractivity contribution in [2.45, 2.75) is 23.6 Å². The first-order chi connectivity index (χ1) is 11.7. The molecule has 1 aliphatic heterocycles. The average molecular weight is 328 g/mol. The maximum atomic E-state index is 3.58. The lowest BCUT2D eigenvalue weighted by Gasteiger charge is -2.17. The van der Waals surface area contributed by atoms with Crippen molar-refractivity contribution in [3.63, 3.8) is 0 Å². The van der Waals surface area contributed by atoms with Crippen LogP contribution in [0.2, 0.25) is 0 Å². The van der Waals surface area contributed by atoms with Gasteiger partial charge < -0.3 is 0 Å². The van der Waals surface area contributed by atoms with Crippen LogP contribution >= 0.6 is 11.8 Å². The highest BCUT2D eigenvalue weighted by Crippen LogP contribution is 2.39. The molecule has 1 aliphatic rings. The molecule has 0 saturated heterocycles. The summed E-state index contributed by atoms with van der Waals surface area (Å²) in [5, 5.41) is 0. The number of hydrogen-bond donors (Lipinski definition) is 0. The van der Waals surface area contributed by atoms with E-state index in [0.29, 0.717) is 0 Å². The molecule has 0 N–H and O–H groups in total. The molecule has 0 aliphatic carbocycles. The first-order valence-corrected chi connectivity index (χ1v) is 8.87. The van der Waals surface area contributed by atoms with Crippen LogP contribution in [0.3, 0.4) is 0 Å². The van der Waals surface area contributed by atoms with Crippen LogP contribution in [-0.4, -0.2) is 4.57 Å². The standard InChI is InChI=1S/C21H16N2S/c1-14-10-15(2)12-16(11-14)22-13-23-17-6-3-4-8-19(17)24-20-9-5-7-18(22)21(20)23/h3-12H,1-2H3. The van der Waals surface area contributed by atoms with Gasteiger partial charge in [-0.3, -0.25) is 9.13 Å². The van der Waals surface area contributed by atoms with Crippen LogP contribution in [-0.2, 0) is 0 Å². The van der Waals surface area contributed by atoms with Gasteiger partial charge in [0.25, 0.3) is 6.33 Å². The normalized spacial score (nSPS) is 12.4. The molecule has 116 valence electrons. The fourth-order valence-electron chi connectivity index (χ4n) is 3.50. The number of hydrogen-bond acceptors (Lipinski definition) is 1. The fourth-order valence-corrected chi connectivity index (χ4v) is 4.59. The smallest absolute Gasteiger partial charge is 0.269 e. The Labute approximate surface area is 145 Å². The predicted octanol–water partition coefficient (Wildman–Crippen LogP) is 4.79. The van der Waals surface area contributed by atoms with Crippen molar-refractivity contribution < 1.29 is 4.57 Å². The average Bonchev–Trinajstić information content (AvgIpc) is 2.96. The molecule has 2 nitrogen and oxygen atoms in total. The Bertz CT molecular complexity index is 1090. The van der Waals surface area contributed by atoms with Gasteiger partial charge in [-0.2, -0.15) is 0 Å². The molecule has 3 aromatic carbocycles. The van der Waals surface area contributed by atoms with Crippen molar-refractivity contribution in [3.8, 4) is 11.4 Å².